The van der Waals surface area contributed by atoms with E-state index in [-0.39, 0.29) is 0 Å². The summed E-state index contributed by atoms with van der Waals surface area (Å²) >= 11 is 5.48. The van der Waals surface area contributed by atoms with Crippen molar-refractivity contribution < 1.29 is 4.74 Å². The molecule has 4 nitrogen and oxygen atoms in total. The van der Waals surface area contributed by atoms with Gasteiger partial charge in [0.2, 0.25) is 0 Å². The summed E-state index contributed by atoms with van der Waals surface area (Å²) in [5, 5.41) is 7.69. The van der Waals surface area contributed by atoms with Crippen molar-refractivity contribution in [2.75, 3.05) is 20.4 Å². The van der Waals surface area contributed by atoms with Gasteiger partial charge in [-0.3, -0.25) is 4.99 Å². The molecule has 122 valence electrons. The number of methoxy groups -OCH3 is 1. The molecule has 0 aliphatic heterocycles. The van der Waals surface area contributed by atoms with Crippen molar-refractivity contribution in [3.8, 4) is 5.75 Å². The molecule has 2 N–H and O–H groups in total. The first-order chi connectivity index (χ1) is 10.7. The molecule has 2 rings (SSSR count). The number of halogens is 1. The zero-order valence-electron chi connectivity index (χ0n) is 13.4. The first kappa shape index (κ1) is 17.5. The Labute approximate surface area is 145 Å². The highest BCUT2D eigenvalue weighted by Crippen LogP contribution is 2.28. The number of guanidine groups is 1. The number of thioether (sulfide) groups is 1. The first-order valence-electron chi connectivity index (χ1n) is 7.48. The molecular formula is C16H24BrN3OS. The summed E-state index contributed by atoms with van der Waals surface area (Å²) in [7, 11) is 3.49. The molecule has 1 aromatic rings. The number of benzene rings is 1. The fourth-order valence-electron chi connectivity index (χ4n) is 2.68. The SMILES string of the molecule is CN=C(NCc1ccc(OC)c(Br)c1)NC1CCC(SC)C1. The van der Waals surface area contributed by atoms with Crippen LogP contribution in [-0.4, -0.2) is 37.7 Å². The summed E-state index contributed by atoms with van der Waals surface area (Å²) in [6.45, 7) is 0.737. The highest BCUT2D eigenvalue weighted by molar-refractivity contribution is 9.10. The lowest BCUT2D eigenvalue weighted by molar-refractivity contribution is 0.412. The van der Waals surface area contributed by atoms with E-state index in [1.807, 2.05) is 24.9 Å². The van der Waals surface area contributed by atoms with Crippen LogP contribution in [0.5, 0.6) is 5.75 Å². The van der Waals surface area contributed by atoms with Crippen molar-refractivity contribution in [1.29, 1.82) is 0 Å². The van der Waals surface area contributed by atoms with Crippen molar-refractivity contribution in [3.05, 3.63) is 28.2 Å². The number of nitrogens with one attached hydrogen (secondary N) is 2. The Bertz CT molecular complexity index is 524. The van der Waals surface area contributed by atoms with E-state index in [4.69, 9.17) is 4.74 Å². The smallest absolute Gasteiger partial charge is 0.191 e. The molecule has 0 bridgehead atoms. The van der Waals surface area contributed by atoms with Crippen molar-refractivity contribution in [3.63, 3.8) is 0 Å². The number of aliphatic imine (C=N–C) groups is 1. The zero-order valence-corrected chi connectivity index (χ0v) is 15.8. The van der Waals surface area contributed by atoms with Crippen LogP contribution in [0, 0.1) is 0 Å². The Hall–Kier alpha value is -0.880. The van der Waals surface area contributed by atoms with Gasteiger partial charge in [-0.15, -0.1) is 0 Å². The largest absolute Gasteiger partial charge is 0.496 e. The fraction of sp³-hybridized carbons (Fsp3) is 0.562. The Balaban J connectivity index is 1.85. The third kappa shape index (κ3) is 4.81. The fourth-order valence-corrected chi connectivity index (χ4v) is 4.06. The Morgan fingerprint density at radius 2 is 2.27 bits per heavy atom. The lowest BCUT2D eigenvalue weighted by Gasteiger charge is -2.17. The molecule has 0 heterocycles. The molecule has 6 heteroatoms. The van der Waals surface area contributed by atoms with E-state index in [9.17, 15) is 0 Å². The van der Waals surface area contributed by atoms with Crippen molar-refractivity contribution >= 4 is 33.7 Å². The van der Waals surface area contributed by atoms with Crippen LogP contribution in [0.15, 0.2) is 27.7 Å². The number of ether oxygens (including phenoxy) is 1. The van der Waals surface area contributed by atoms with Crippen LogP contribution >= 0.6 is 27.7 Å². The first-order valence-corrected chi connectivity index (χ1v) is 9.56. The summed E-state index contributed by atoms with van der Waals surface area (Å²) < 4.78 is 6.22. The highest BCUT2D eigenvalue weighted by Gasteiger charge is 2.24. The average molecular weight is 386 g/mol. The molecule has 1 saturated carbocycles. The van der Waals surface area contributed by atoms with E-state index in [2.05, 4.69) is 49.9 Å². The van der Waals surface area contributed by atoms with Gasteiger partial charge in [-0.05, 0) is 59.1 Å². The van der Waals surface area contributed by atoms with Crippen LogP contribution in [0.25, 0.3) is 0 Å². The third-order valence-electron chi connectivity index (χ3n) is 3.96. The van der Waals surface area contributed by atoms with Gasteiger partial charge in [0.15, 0.2) is 5.96 Å². The molecule has 22 heavy (non-hydrogen) atoms. The lowest BCUT2D eigenvalue weighted by Crippen LogP contribution is -2.42. The van der Waals surface area contributed by atoms with Crippen LogP contribution in [0.4, 0.5) is 0 Å². The standard InChI is InChI=1S/C16H24BrN3OS/c1-18-16(20-12-5-6-13(9-12)22-3)19-10-11-4-7-15(21-2)14(17)8-11/h4,7-8,12-13H,5-6,9-10H2,1-3H3,(H2,18,19,20). The minimum absolute atomic E-state index is 0.534. The van der Waals surface area contributed by atoms with E-state index < -0.39 is 0 Å². The molecule has 0 spiro atoms. The summed E-state index contributed by atoms with van der Waals surface area (Å²) in [4.78, 5) is 4.32. The average Bonchev–Trinajstić information content (AvgIpc) is 2.99. The van der Waals surface area contributed by atoms with Crippen molar-refractivity contribution in [1.82, 2.24) is 10.6 Å². The molecule has 2 atom stereocenters. The lowest BCUT2D eigenvalue weighted by atomic mass is 10.2. The summed E-state index contributed by atoms with van der Waals surface area (Å²) in [6, 6.07) is 6.63. The summed E-state index contributed by atoms with van der Waals surface area (Å²) in [5.41, 5.74) is 1.18. The van der Waals surface area contributed by atoms with E-state index in [0.29, 0.717) is 6.04 Å². The predicted molar refractivity (Wildman–Crippen MR) is 99.0 cm³/mol. The maximum absolute atomic E-state index is 5.25. The highest BCUT2D eigenvalue weighted by atomic mass is 79.9. The molecule has 0 amide bonds. The number of hydrogen-bond acceptors (Lipinski definition) is 3. The van der Waals surface area contributed by atoms with E-state index >= 15 is 0 Å². The number of rotatable bonds is 5. The van der Waals surface area contributed by atoms with Gasteiger partial charge in [-0.25, -0.2) is 0 Å². The van der Waals surface area contributed by atoms with Gasteiger partial charge in [0, 0.05) is 24.9 Å². The second-order valence-corrected chi connectivity index (χ2v) is 7.40. The molecule has 1 fully saturated rings. The molecule has 1 aromatic carbocycles. The molecule has 2 unspecified atom stereocenters. The molecule has 0 saturated heterocycles. The van der Waals surface area contributed by atoms with E-state index in [1.165, 1.54) is 24.8 Å². The quantitative estimate of drug-likeness (QED) is 0.602. The predicted octanol–water partition coefficient (Wildman–Crippen LogP) is 3.41. The van der Waals surface area contributed by atoms with Crippen LogP contribution < -0.4 is 15.4 Å². The van der Waals surface area contributed by atoms with Crippen molar-refractivity contribution in [2.24, 2.45) is 4.99 Å². The van der Waals surface area contributed by atoms with Gasteiger partial charge < -0.3 is 15.4 Å². The second-order valence-electron chi connectivity index (χ2n) is 5.41. The number of nitrogens with zero attached hydrogens (tertiary/aromatic N) is 1. The van der Waals surface area contributed by atoms with Gasteiger partial charge in [-0.1, -0.05) is 6.07 Å². The molecule has 0 aromatic heterocycles. The number of hydrogen-bond donors (Lipinski definition) is 2. The zero-order chi connectivity index (χ0) is 15.9. The van der Waals surface area contributed by atoms with E-state index in [0.717, 1.165) is 28.0 Å². The summed E-state index contributed by atoms with van der Waals surface area (Å²) in [6.07, 6.45) is 5.93. The molecule has 1 aliphatic carbocycles. The second kappa shape index (κ2) is 8.67. The summed E-state index contributed by atoms with van der Waals surface area (Å²) in [5.74, 6) is 1.72. The van der Waals surface area contributed by atoms with Gasteiger partial charge >= 0.3 is 0 Å². The van der Waals surface area contributed by atoms with Gasteiger partial charge in [0.25, 0.3) is 0 Å². The van der Waals surface area contributed by atoms with Crippen LogP contribution in [0.1, 0.15) is 24.8 Å². The Morgan fingerprint density at radius 1 is 1.45 bits per heavy atom. The van der Waals surface area contributed by atoms with Crippen LogP contribution in [0.3, 0.4) is 0 Å². The Morgan fingerprint density at radius 3 is 2.86 bits per heavy atom. The van der Waals surface area contributed by atoms with E-state index in [1.54, 1.807) is 7.11 Å². The van der Waals surface area contributed by atoms with Crippen LogP contribution in [-0.2, 0) is 6.54 Å². The maximum Gasteiger partial charge on any atom is 0.191 e. The molecule has 0 radical (unpaired) electrons. The van der Waals surface area contributed by atoms with Gasteiger partial charge in [0.1, 0.15) is 5.75 Å². The minimum Gasteiger partial charge on any atom is -0.496 e. The molecular weight excluding hydrogens is 362 g/mol. The Kier molecular flexibility index (Phi) is 6.89. The van der Waals surface area contributed by atoms with Crippen molar-refractivity contribution in [2.45, 2.75) is 37.1 Å². The molecule has 1 aliphatic rings. The third-order valence-corrected chi connectivity index (χ3v) is 5.67. The monoisotopic (exact) mass is 385 g/mol. The maximum atomic E-state index is 5.25. The topological polar surface area (TPSA) is 45.7 Å². The normalized spacial score (nSPS) is 21.7. The van der Waals surface area contributed by atoms with Gasteiger partial charge in [0.05, 0.1) is 11.6 Å². The minimum atomic E-state index is 0.534. The van der Waals surface area contributed by atoms with Gasteiger partial charge in [-0.2, -0.15) is 11.8 Å². The van der Waals surface area contributed by atoms with Crippen LogP contribution in [0.2, 0.25) is 0 Å².